The summed E-state index contributed by atoms with van der Waals surface area (Å²) in [5.41, 5.74) is 0. The van der Waals surface area contributed by atoms with Gasteiger partial charge in [0.15, 0.2) is 6.04 Å². The van der Waals surface area contributed by atoms with Gasteiger partial charge in [0.05, 0.1) is 6.10 Å². The molecule has 0 aliphatic heterocycles. The monoisotopic (exact) mass is 262 g/mol. The molecular weight excluding hydrogens is 240 g/mol. The number of carbonyl (C=O) groups excluding carboxylic acids is 1. The maximum Gasteiger partial charge on any atom is 0.328 e. The van der Waals surface area contributed by atoms with Gasteiger partial charge in [-0.05, 0) is 26.2 Å². The zero-order valence-corrected chi connectivity index (χ0v) is 10.8. The highest BCUT2D eigenvalue weighted by molar-refractivity contribution is 5.82. The third-order valence-electron chi connectivity index (χ3n) is 2.53. The second-order valence-electron chi connectivity index (χ2n) is 4.21. The minimum Gasteiger partial charge on any atom is -0.480 e. The third-order valence-corrected chi connectivity index (χ3v) is 2.53. The molecule has 7 nitrogen and oxygen atoms in total. The molecule has 0 saturated heterocycles. The van der Waals surface area contributed by atoms with Crippen molar-refractivity contribution in [3.63, 3.8) is 0 Å². The van der Waals surface area contributed by atoms with Gasteiger partial charge in [0.1, 0.15) is 0 Å². The predicted molar refractivity (Wildman–Crippen MR) is 65.2 cm³/mol. The van der Waals surface area contributed by atoms with Crippen LogP contribution in [0, 0.1) is 0 Å². The molecule has 0 spiro atoms. The van der Waals surface area contributed by atoms with Gasteiger partial charge in [-0.2, -0.15) is 0 Å². The van der Waals surface area contributed by atoms with E-state index >= 15 is 0 Å². The minimum absolute atomic E-state index is 0.124. The van der Waals surface area contributed by atoms with E-state index in [0.717, 1.165) is 12.8 Å². The maximum atomic E-state index is 11.6. The Morgan fingerprint density at radius 1 is 1.28 bits per heavy atom. The zero-order chi connectivity index (χ0) is 14.1. The molecule has 0 saturated carbocycles. The van der Waals surface area contributed by atoms with Crippen molar-refractivity contribution in [2.45, 2.75) is 38.3 Å². The number of urea groups is 1. The highest BCUT2D eigenvalue weighted by Gasteiger charge is 2.25. The van der Waals surface area contributed by atoms with Crippen molar-refractivity contribution in [2.24, 2.45) is 0 Å². The summed E-state index contributed by atoms with van der Waals surface area (Å²) in [7, 11) is 1.55. The number of nitrogens with one attached hydrogen (secondary N) is 1. The number of aliphatic hydroxyl groups excluding tert-OH is 2. The number of unbranched alkanes of at least 4 members (excludes halogenated alkanes) is 2. The van der Waals surface area contributed by atoms with Gasteiger partial charge in [0, 0.05) is 20.2 Å². The van der Waals surface area contributed by atoms with E-state index in [1.807, 2.05) is 0 Å². The number of aliphatic hydroxyl groups is 2. The molecule has 0 fully saturated rings. The molecule has 0 aromatic heterocycles. The first-order chi connectivity index (χ1) is 8.40. The molecule has 0 rings (SSSR count). The SMILES string of the molecule is CC(O)C(NC(=O)N(C)CCCCCO)C(=O)O. The van der Waals surface area contributed by atoms with E-state index in [2.05, 4.69) is 5.32 Å². The van der Waals surface area contributed by atoms with Gasteiger partial charge in [-0.3, -0.25) is 0 Å². The fraction of sp³-hybridized carbons (Fsp3) is 0.818. The van der Waals surface area contributed by atoms with Crippen LogP contribution >= 0.6 is 0 Å². The minimum atomic E-state index is -1.31. The predicted octanol–water partition coefficient (Wildman–Crippen LogP) is -0.376. The van der Waals surface area contributed by atoms with Crippen molar-refractivity contribution in [2.75, 3.05) is 20.2 Å². The number of carboxylic acid groups (broad SMARTS) is 1. The molecule has 0 radical (unpaired) electrons. The highest BCUT2D eigenvalue weighted by Crippen LogP contribution is 1.99. The molecule has 0 aromatic rings. The lowest BCUT2D eigenvalue weighted by Crippen LogP contribution is -2.51. The van der Waals surface area contributed by atoms with Crippen molar-refractivity contribution in [3.8, 4) is 0 Å². The lowest BCUT2D eigenvalue weighted by atomic mass is 10.2. The molecule has 2 atom stereocenters. The van der Waals surface area contributed by atoms with Gasteiger partial charge in [-0.15, -0.1) is 0 Å². The molecule has 4 N–H and O–H groups in total. The molecule has 2 unspecified atom stereocenters. The van der Waals surface area contributed by atoms with Gasteiger partial charge < -0.3 is 25.5 Å². The maximum absolute atomic E-state index is 11.6. The summed E-state index contributed by atoms with van der Waals surface area (Å²) >= 11 is 0. The van der Waals surface area contributed by atoms with E-state index in [9.17, 15) is 14.7 Å². The number of amides is 2. The average Bonchev–Trinajstić information content (AvgIpc) is 2.30. The van der Waals surface area contributed by atoms with Crippen LogP contribution in [0.3, 0.4) is 0 Å². The Balaban J connectivity index is 4.09. The highest BCUT2D eigenvalue weighted by atomic mass is 16.4. The molecule has 18 heavy (non-hydrogen) atoms. The fourth-order valence-electron chi connectivity index (χ4n) is 1.37. The molecular formula is C11H22N2O5. The quantitative estimate of drug-likeness (QED) is 0.446. The topological polar surface area (TPSA) is 110 Å². The first-order valence-electron chi connectivity index (χ1n) is 5.93. The van der Waals surface area contributed by atoms with Crippen LogP contribution in [0.1, 0.15) is 26.2 Å². The molecule has 106 valence electrons. The molecule has 0 bridgehead atoms. The second kappa shape index (κ2) is 8.71. The van der Waals surface area contributed by atoms with Crippen molar-refractivity contribution in [3.05, 3.63) is 0 Å². The average molecular weight is 262 g/mol. The smallest absolute Gasteiger partial charge is 0.328 e. The van der Waals surface area contributed by atoms with Gasteiger partial charge in [0.25, 0.3) is 0 Å². The summed E-state index contributed by atoms with van der Waals surface area (Å²) in [4.78, 5) is 23.8. The molecule has 7 heteroatoms. The van der Waals surface area contributed by atoms with Crippen LogP contribution in [-0.4, -0.2) is 64.6 Å². The summed E-state index contributed by atoms with van der Waals surface area (Å²) in [5.74, 6) is -1.27. The molecule has 0 heterocycles. The van der Waals surface area contributed by atoms with E-state index in [1.54, 1.807) is 7.05 Å². The van der Waals surface area contributed by atoms with Crippen LogP contribution in [0.15, 0.2) is 0 Å². The molecule has 0 aromatic carbocycles. The lowest BCUT2D eigenvalue weighted by molar-refractivity contribution is -0.141. The number of aliphatic carboxylic acids is 1. The Morgan fingerprint density at radius 3 is 2.33 bits per heavy atom. The van der Waals surface area contributed by atoms with E-state index in [0.29, 0.717) is 13.0 Å². The Hall–Kier alpha value is -1.34. The Kier molecular flexibility index (Phi) is 8.06. The van der Waals surface area contributed by atoms with Crippen LogP contribution in [0.2, 0.25) is 0 Å². The van der Waals surface area contributed by atoms with Crippen molar-refractivity contribution >= 4 is 12.0 Å². The first-order valence-corrected chi connectivity index (χ1v) is 5.93. The fourth-order valence-corrected chi connectivity index (χ4v) is 1.37. The zero-order valence-electron chi connectivity index (χ0n) is 10.8. The van der Waals surface area contributed by atoms with Crippen LogP contribution in [0.4, 0.5) is 4.79 Å². The summed E-state index contributed by atoms with van der Waals surface area (Å²) in [6, 6.07) is -1.84. The van der Waals surface area contributed by atoms with Crippen LogP contribution in [0.5, 0.6) is 0 Å². The van der Waals surface area contributed by atoms with Crippen LogP contribution in [0.25, 0.3) is 0 Å². The number of hydrogen-bond donors (Lipinski definition) is 4. The number of hydrogen-bond acceptors (Lipinski definition) is 4. The van der Waals surface area contributed by atoms with Gasteiger partial charge in [0.2, 0.25) is 0 Å². The van der Waals surface area contributed by atoms with E-state index < -0.39 is 24.1 Å². The molecule has 0 aliphatic rings. The second-order valence-corrected chi connectivity index (χ2v) is 4.21. The number of carboxylic acids is 1. The summed E-state index contributed by atoms with van der Waals surface area (Å²) in [6.07, 6.45) is 1.05. The number of carbonyl (C=O) groups is 2. The summed E-state index contributed by atoms with van der Waals surface area (Å²) < 4.78 is 0. The van der Waals surface area contributed by atoms with E-state index in [-0.39, 0.29) is 6.61 Å². The summed E-state index contributed by atoms with van der Waals surface area (Å²) in [5, 5.41) is 28.9. The lowest BCUT2D eigenvalue weighted by Gasteiger charge is -2.22. The van der Waals surface area contributed by atoms with Crippen LogP contribution in [-0.2, 0) is 4.79 Å². The van der Waals surface area contributed by atoms with E-state index in [1.165, 1.54) is 11.8 Å². The van der Waals surface area contributed by atoms with Gasteiger partial charge in [-0.25, -0.2) is 9.59 Å². The Morgan fingerprint density at radius 2 is 1.89 bits per heavy atom. The Bertz CT molecular complexity index is 270. The first kappa shape index (κ1) is 16.7. The number of nitrogens with zero attached hydrogens (tertiary/aromatic N) is 1. The number of rotatable bonds is 8. The molecule has 0 aliphatic carbocycles. The molecule has 2 amide bonds. The van der Waals surface area contributed by atoms with Crippen molar-refractivity contribution in [1.82, 2.24) is 10.2 Å². The van der Waals surface area contributed by atoms with Crippen LogP contribution < -0.4 is 5.32 Å². The van der Waals surface area contributed by atoms with Crippen molar-refractivity contribution < 1.29 is 24.9 Å². The standard InChI is InChI=1S/C11H22N2O5/c1-8(15)9(10(16)17)12-11(18)13(2)6-4-3-5-7-14/h8-9,14-15H,3-7H2,1-2H3,(H,12,18)(H,16,17). The Labute approximate surface area is 106 Å². The third kappa shape index (κ3) is 6.41. The summed E-state index contributed by atoms with van der Waals surface area (Å²) in [6.45, 7) is 1.90. The largest absolute Gasteiger partial charge is 0.480 e. The van der Waals surface area contributed by atoms with Crippen molar-refractivity contribution in [1.29, 1.82) is 0 Å². The van der Waals surface area contributed by atoms with Gasteiger partial charge >= 0.3 is 12.0 Å². The van der Waals surface area contributed by atoms with Gasteiger partial charge in [-0.1, -0.05) is 0 Å². The normalized spacial score (nSPS) is 13.8. The van der Waals surface area contributed by atoms with E-state index in [4.69, 9.17) is 10.2 Å².